The highest BCUT2D eigenvalue weighted by molar-refractivity contribution is 8.00. The third-order valence-corrected chi connectivity index (χ3v) is 3.27. The van der Waals surface area contributed by atoms with Crippen LogP contribution in [0, 0.1) is 6.92 Å². The lowest BCUT2D eigenvalue weighted by atomic mass is 10.1. The molecule has 1 heterocycles. The highest BCUT2D eigenvalue weighted by atomic mass is 32.2. The Morgan fingerprint density at radius 1 is 1.44 bits per heavy atom. The first-order chi connectivity index (χ1) is 7.66. The molecule has 0 saturated heterocycles. The Morgan fingerprint density at radius 2 is 2.25 bits per heavy atom. The number of hydrogen-bond acceptors (Lipinski definition) is 3. The molecule has 0 aliphatic rings. The second kappa shape index (κ2) is 4.53. The van der Waals surface area contributed by atoms with Crippen molar-refractivity contribution in [2.24, 2.45) is 0 Å². The lowest BCUT2D eigenvalue weighted by Gasteiger charge is -2.04. The number of carboxylic acids is 1. The van der Waals surface area contributed by atoms with Gasteiger partial charge in [0.15, 0.2) is 0 Å². The van der Waals surface area contributed by atoms with Crippen LogP contribution in [-0.2, 0) is 4.79 Å². The Morgan fingerprint density at radius 3 is 3.00 bits per heavy atom. The maximum absolute atomic E-state index is 10.5. The van der Waals surface area contributed by atoms with Crippen LogP contribution in [0.4, 0.5) is 0 Å². The smallest absolute Gasteiger partial charge is 0.313 e. The van der Waals surface area contributed by atoms with Gasteiger partial charge in [-0.05, 0) is 24.6 Å². The summed E-state index contributed by atoms with van der Waals surface area (Å²) >= 11 is 1.32. The number of carboxylic acid groups (broad SMARTS) is 1. The van der Waals surface area contributed by atoms with Crippen LogP contribution in [0.15, 0.2) is 35.4 Å². The lowest BCUT2D eigenvalue weighted by molar-refractivity contribution is -0.133. The van der Waals surface area contributed by atoms with Crippen LogP contribution in [0.5, 0.6) is 0 Å². The van der Waals surface area contributed by atoms with Gasteiger partial charge in [-0.3, -0.25) is 9.78 Å². The fourth-order valence-corrected chi connectivity index (χ4v) is 2.26. The van der Waals surface area contributed by atoms with Gasteiger partial charge in [-0.15, -0.1) is 11.8 Å². The molecule has 0 bridgehead atoms. The van der Waals surface area contributed by atoms with E-state index in [1.165, 1.54) is 11.8 Å². The molecule has 1 N–H and O–H groups in total. The summed E-state index contributed by atoms with van der Waals surface area (Å²) in [6.07, 6.45) is 1.71. The van der Waals surface area contributed by atoms with E-state index in [1.807, 2.05) is 31.2 Å². The van der Waals surface area contributed by atoms with Crippen LogP contribution >= 0.6 is 11.8 Å². The molecule has 0 aliphatic heterocycles. The van der Waals surface area contributed by atoms with Crippen LogP contribution < -0.4 is 0 Å². The van der Waals surface area contributed by atoms with Crippen molar-refractivity contribution < 1.29 is 9.90 Å². The van der Waals surface area contributed by atoms with Crippen LogP contribution in [0.3, 0.4) is 0 Å². The quantitative estimate of drug-likeness (QED) is 0.828. The number of benzene rings is 1. The molecule has 0 atom stereocenters. The topological polar surface area (TPSA) is 50.2 Å². The fourth-order valence-electron chi connectivity index (χ4n) is 1.50. The summed E-state index contributed by atoms with van der Waals surface area (Å²) < 4.78 is 0. The molecule has 0 saturated carbocycles. The minimum absolute atomic E-state index is 0.0764. The second-order valence-electron chi connectivity index (χ2n) is 3.51. The molecule has 3 nitrogen and oxygen atoms in total. The van der Waals surface area contributed by atoms with Crippen molar-refractivity contribution in [2.45, 2.75) is 11.8 Å². The van der Waals surface area contributed by atoms with Gasteiger partial charge in [0.25, 0.3) is 0 Å². The zero-order valence-corrected chi connectivity index (χ0v) is 9.62. The molecule has 0 spiro atoms. The first kappa shape index (κ1) is 11.0. The number of aryl methyl sites for hydroxylation is 1. The van der Waals surface area contributed by atoms with Gasteiger partial charge in [0, 0.05) is 16.5 Å². The van der Waals surface area contributed by atoms with E-state index < -0.39 is 5.97 Å². The number of carbonyl (C=O) groups is 1. The number of hydrogen-bond donors (Lipinski definition) is 1. The predicted octanol–water partition coefficient (Wildman–Crippen LogP) is 2.72. The maximum Gasteiger partial charge on any atom is 0.313 e. The second-order valence-corrected chi connectivity index (χ2v) is 4.53. The van der Waals surface area contributed by atoms with E-state index in [4.69, 9.17) is 5.11 Å². The molecule has 1 aromatic carbocycles. The zero-order chi connectivity index (χ0) is 11.5. The molecule has 4 heteroatoms. The molecule has 0 unspecified atom stereocenters. The number of aliphatic carboxylic acids is 1. The molecule has 2 aromatic rings. The van der Waals surface area contributed by atoms with E-state index in [0.717, 1.165) is 21.4 Å². The molecule has 1 aromatic heterocycles. The zero-order valence-electron chi connectivity index (χ0n) is 8.80. The van der Waals surface area contributed by atoms with Crippen molar-refractivity contribution in [1.82, 2.24) is 4.98 Å². The Hall–Kier alpha value is -1.55. The minimum atomic E-state index is -0.804. The van der Waals surface area contributed by atoms with Gasteiger partial charge in [-0.1, -0.05) is 12.1 Å². The monoisotopic (exact) mass is 233 g/mol. The van der Waals surface area contributed by atoms with E-state index in [0.29, 0.717) is 0 Å². The first-order valence-corrected chi connectivity index (χ1v) is 5.85. The number of aromatic nitrogens is 1. The van der Waals surface area contributed by atoms with E-state index in [-0.39, 0.29) is 5.75 Å². The molecular weight excluding hydrogens is 222 g/mol. The van der Waals surface area contributed by atoms with Crippen molar-refractivity contribution in [2.75, 3.05) is 5.75 Å². The normalized spacial score (nSPS) is 10.6. The van der Waals surface area contributed by atoms with Gasteiger partial charge >= 0.3 is 5.97 Å². The van der Waals surface area contributed by atoms with E-state index in [2.05, 4.69) is 4.98 Å². The molecule has 0 aliphatic carbocycles. The average Bonchev–Trinajstić information content (AvgIpc) is 2.25. The summed E-state index contributed by atoms with van der Waals surface area (Å²) in [5, 5.41) is 9.67. The summed E-state index contributed by atoms with van der Waals surface area (Å²) in [7, 11) is 0. The SMILES string of the molecule is Cc1ccc2c(SCC(=O)O)ccnc2c1. The van der Waals surface area contributed by atoms with Crippen molar-refractivity contribution in [3.8, 4) is 0 Å². The summed E-state index contributed by atoms with van der Waals surface area (Å²) in [6.45, 7) is 2.01. The van der Waals surface area contributed by atoms with E-state index in [1.54, 1.807) is 6.20 Å². The van der Waals surface area contributed by atoms with E-state index in [9.17, 15) is 4.79 Å². The Bertz CT molecular complexity index is 540. The summed E-state index contributed by atoms with van der Waals surface area (Å²) in [5.74, 6) is -0.727. The lowest BCUT2D eigenvalue weighted by Crippen LogP contribution is -1.97. The Labute approximate surface area is 97.5 Å². The summed E-state index contributed by atoms with van der Waals surface area (Å²) in [6, 6.07) is 7.85. The number of nitrogens with zero attached hydrogens (tertiary/aromatic N) is 1. The summed E-state index contributed by atoms with van der Waals surface area (Å²) in [5.41, 5.74) is 2.07. The largest absolute Gasteiger partial charge is 0.481 e. The molecule has 0 fully saturated rings. The van der Waals surface area contributed by atoms with Crippen LogP contribution in [0.25, 0.3) is 10.9 Å². The number of thioether (sulfide) groups is 1. The molecule has 0 amide bonds. The van der Waals surface area contributed by atoms with Gasteiger partial charge in [0.1, 0.15) is 0 Å². The van der Waals surface area contributed by atoms with Crippen molar-refractivity contribution in [3.05, 3.63) is 36.0 Å². The number of fused-ring (bicyclic) bond motifs is 1. The molecular formula is C12H11NO2S. The predicted molar refractivity (Wildman–Crippen MR) is 64.8 cm³/mol. The van der Waals surface area contributed by atoms with Crippen molar-refractivity contribution >= 4 is 28.6 Å². The highest BCUT2D eigenvalue weighted by Crippen LogP contribution is 2.26. The highest BCUT2D eigenvalue weighted by Gasteiger charge is 2.04. The summed E-state index contributed by atoms with van der Waals surface area (Å²) in [4.78, 5) is 15.8. The average molecular weight is 233 g/mol. The molecule has 82 valence electrons. The van der Waals surface area contributed by atoms with Crippen LogP contribution in [0.1, 0.15) is 5.56 Å². The van der Waals surface area contributed by atoms with Gasteiger partial charge in [0.2, 0.25) is 0 Å². The third kappa shape index (κ3) is 2.33. The van der Waals surface area contributed by atoms with E-state index >= 15 is 0 Å². The van der Waals surface area contributed by atoms with Crippen molar-refractivity contribution in [3.63, 3.8) is 0 Å². The van der Waals surface area contributed by atoms with Crippen LogP contribution in [0.2, 0.25) is 0 Å². The fraction of sp³-hybridized carbons (Fsp3) is 0.167. The Balaban J connectivity index is 2.41. The Kier molecular flexibility index (Phi) is 3.10. The van der Waals surface area contributed by atoms with Gasteiger partial charge in [0.05, 0.1) is 11.3 Å². The number of pyridine rings is 1. The first-order valence-electron chi connectivity index (χ1n) is 4.87. The van der Waals surface area contributed by atoms with Gasteiger partial charge in [-0.2, -0.15) is 0 Å². The van der Waals surface area contributed by atoms with Gasteiger partial charge < -0.3 is 5.11 Å². The maximum atomic E-state index is 10.5. The van der Waals surface area contributed by atoms with Crippen LogP contribution in [-0.4, -0.2) is 21.8 Å². The molecule has 0 radical (unpaired) electrons. The standard InChI is InChI=1S/C12H11NO2S/c1-8-2-3-9-10(6-8)13-5-4-11(9)16-7-12(14)15/h2-6H,7H2,1H3,(H,14,15). The third-order valence-electron chi connectivity index (χ3n) is 2.21. The number of rotatable bonds is 3. The van der Waals surface area contributed by atoms with Gasteiger partial charge in [-0.25, -0.2) is 0 Å². The molecule has 16 heavy (non-hydrogen) atoms. The molecule has 2 rings (SSSR count). The minimum Gasteiger partial charge on any atom is -0.481 e. The van der Waals surface area contributed by atoms with Crippen molar-refractivity contribution in [1.29, 1.82) is 0 Å².